The molecular weight excluding hydrogens is 320 g/mol. The van der Waals surface area contributed by atoms with E-state index >= 15 is 0 Å². The van der Waals surface area contributed by atoms with Gasteiger partial charge in [0.25, 0.3) is 5.69 Å². The van der Waals surface area contributed by atoms with E-state index in [0.717, 1.165) is 28.8 Å². The molecule has 0 atom stereocenters. The Bertz CT molecular complexity index is 497. The SMILES string of the molecule is CC1CCC(CN)(Cc2ccc(Br)cc2[N+](=O)[O-])CC1. The van der Waals surface area contributed by atoms with Crippen LogP contribution in [-0.2, 0) is 6.42 Å². The molecule has 1 aliphatic rings. The van der Waals surface area contributed by atoms with Crippen LogP contribution >= 0.6 is 15.9 Å². The van der Waals surface area contributed by atoms with Crippen molar-refractivity contribution < 1.29 is 4.92 Å². The summed E-state index contributed by atoms with van der Waals surface area (Å²) in [6, 6.07) is 5.32. The standard InChI is InChI=1S/C15H21BrN2O2/c1-11-4-6-15(10-17,7-5-11)9-12-2-3-13(16)8-14(12)18(19)20/h2-3,8,11H,4-7,9-10,17H2,1H3. The zero-order valence-corrected chi connectivity index (χ0v) is 13.4. The average Bonchev–Trinajstić information content (AvgIpc) is 2.43. The van der Waals surface area contributed by atoms with Crippen molar-refractivity contribution in [3.05, 3.63) is 38.3 Å². The maximum absolute atomic E-state index is 11.2. The fraction of sp³-hybridized carbons (Fsp3) is 0.600. The van der Waals surface area contributed by atoms with Gasteiger partial charge >= 0.3 is 0 Å². The molecule has 0 aromatic heterocycles. The average molecular weight is 341 g/mol. The van der Waals surface area contributed by atoms with E-state index in [-0.39, 0.29) is 16.0 Å². The molecule has 110 valence electrons. The summed E-state index contributed by atoms with van der Waals surface area (Å²) in [6.07, 6.45) is 5.18. The lowest BCUT2D eigenvalue weighted by Gasteiger charge is -2.38. The van der Waals surface area contributed by atoms with Crippen LogP contribution in [0.3, 0.4) is 0 Å². The predicted molar refractivity (Wildman–Crippen MR) is 83.6 cm³/mol. The van der Waals surface area contributed by atoms with E-state index in [1.807, 2.05) is 12.1 Å². The Hall–Kier alpha value is -0.940. The van der Waals surface area contributed by atoms with Gasteiger partial charge < -0.3 is 5.73 Å². The smallest absolute Gasteiger partial charge is 0.273 e. The molecule has 0 unspecified atom stereocenters. The molecule has 20 heavy (non-hydrogen) atoms. The summed E-state index contributed by atoms with van der Waals surface area (Å²) in [6.45, 7) is 2.87. The van der Waals surface area contributed by atoms with Crippen LogP contribution in [0.1, 0.15) is 38.2 Å². The van der Waals surface area contributed by atoms with Crippen LogP contribution in [0.2, 0.25) is 0 Å². The molecule has 2 rings (SSSR count). The molecule has 1 fully saturated rings. The summed E-state index contributed by atoms with van der Waals surface area (Å²) in [5.74, 6) is 0.745. The van der Waals surface area contributed by atoms with Gasteiger partial charge in [0.1, 0.15) is 0 Å². The van der Waals surface area contributed by atoms with Gasteiger partial charge in [-0.15, -0.1) is 0 Å². The first-order valence-corrected chi connectivity index (χ1v) is 7.88. The number of nitrogens with two attached hydrogens (primary N) is 1. The van der Waals surface area contributed by atoms with E-state index < -0.39 is 0 Å². The van der Waals surface area contributed by atoms with Gasteiger partial charge in [-0.25, -0.2) is 0 Å². The summed E-state index contributed by atoms with van der Waals surface area (Å²) >= 11 is 3.30. The maximum Gasteiger partial charge on any atom is 0.273 e. The summed E-state index contributed by atoms with van der Waals surface area (Å²) in [5, 5.41) is 11.2. The van der Waals surface area contributed by atoms with Gasteiger partial charge in [-0.2, -0.15) is 0 Å². The molecule has 2 N–H and O–H groups in total. The van der Waals surface area contributed by atoms with E-state index in [4.69, 9.17) is 5.73 Å². The van der Waals surface area contributed by atoms with Gasteiger partial charge in [-0.3, -0.25) is 10.1 Å². The second-order valence-corrected chi connectivity index (χ2v) is 7.01. The third-order valence-electron chi connectivity index (χ3n) is 4.58. The number of nitro benzene ring substituents is 1. The minimum absolute atomic E-state index is 0.0328. The minimum atomic E-state index is -0.296. The summed E-state index contributed by atoms with van der Waals surface area (Å²) in [4.78, 5) is 10.9. The molecule has 0 radical (unpaired) electrons. The van der Waals surface area contributed by atoms with Crippen molar-refractivity contribution in [1.29, 1.82) is 0 Å². The van der Waals surface area contributed by atoms with Crippen molar-refractivity contribution in [3.63, 3.8) is 0 Å². The second kappa shape index (κ2) is 6.22. The van der Waals surface area contributed by atoms with Gasteiger partial charge in [0.2, 0.25) is 0 Å². The Kier molecular flexibility index (Phi) is 4.81. The summed E-state index contributed by atoms with van der Waals surface area (Å²) < 4.78 is 0.743. The van der Waals surface area contributed by atoms with Crippen molar-refractivity contribution in [2.45, 2.75) is 39.0 Å². The number of rotatable bonds is 4. The molecule has 0 amide bonds. The van der Waals surface area contributed by atoms with Crippen molar-refractivity contribution in [3.8, 4) is 0 Å². The first-order chi connectivity index (χ1) is 9.46. The van der Waals surface area contributed by atoms with E-state index in [9.17, 15) is 10.1 Å². The highest BCUT2D eigenvalue weighted by molar-refractivity contribution is 9.10. The molecule has 1 aromatic rings. The lowest BCUT2D eigenvalue weighted by Crippen LogP contribution is -2.36. The molecule has 4 nitrogen and oxygen atoms in total. The van der Waals surface area contributed by atoms with E-state index in [1.54, 1.807) is 6.07 Å². The predicted octanol–water partition coefficient (Wildman–Crippen LogP) is 4.06. The number of benzene rings is 1. The zero-order chi connectivity index (χ0) is 14.8. The number of hydrogen-bond acceptors (Lipinski definition) is 3. The highest BCUT2D eigenvalue weighted by Gasteiger charge is 2.34. The second-order valence-electron chi connectivity index (χ2n) is 6.09. The molecule has 0 saturated heterocycles. The van der Waals surface area contributed by atoms with E-state index in [1.165, 1.54) is 12.8 Å². The number of halogens is 1. The van der Waals surface area contributed by atoms with Crippen molar-refractivity contribution in [1.82, 2.24) is 0 Å². The molecule has 1 aromatic carbocycles. The van der Waals surface area contributed by atoms with Crippen LogP contribution in [0.25, 0.3) is 0 Å². The van der Waals surface area contributed by atoms with Gasteiger partial charge in [0, 0.05) is 16.1 Å². The van der Waals surface area contributed by atoms with Gasteiger partial charge in [0.05, 0.1) is 4.92 Å². The number of nitrogens with zero attached hydrogens (tertiary/aromatic N) is 1. The van der Waals surface area contributed by atoms with E-state index in [2.05, 4.69) is 22.9 Å². The minimum Gasteiger partial charge on any atom is -0.330 e. The lowest BCUT2D eigenvalue weighted by molar-refractivity contribution is -0.385. The van der Waals surface area contributed by atoms with Crippen molar-refractivity contribution >= 4 is 21.6 Å². The van der Waals surface area contributed by atoms with Crippen LogP contribution in [0.4, 0.5) is 5.69 Å². The van der Waals surface area contributed by atoms with Crippen LogP contribution in [0.15, 0.2) is 22.7 Å². The van der Waals surface area contributed by atoms with Gasteiger partial charge in [-0.1, -0.05) is 41.8 Å². The third-order valence-corrected chi connectivity index (χ3v) is 5.07. The van der Waals surface area contributed by atoms with E-state index in [0.29, 0.717) is 13.0 Å². The Morgan fingerprint density at radius 2 is 2.10 bits per heavy atom. The topological polar surface area (TPSA) is 69.2 Å². The molecule has 5 heteroatoms. The first-order valence-electron chi connectivity index (χ1n) is 7.09. The third kappa shape index (κ3) is 3.38. The quantitative estimate of drug-likeness (QED) is 0.663. The summed E-state index contributed by atoms with van der Waals surface area (Å²) in [5.41, 5.74) is 7.05. The Morgan fingerprint density at radius 1 is 1.45 bits per heavy atom. The van der Waals surface area contributed by atoms with Crippen LogP contribution < -0.4 is 5.73 Å². The molecule has 1 saturated carbocycles. The Labute approximate surface area is 128 Å². The van der Waals surface area contributed by atoms with Crippen LogP contribution in [0, 0.1) is 21.4 Å². The van der Waals surface area contributed by atoms with Crippen molar-refractivity contribution in [2.24, 2.45) is 17.1 Å². The molecule has 0 aliphatic heterocycles. The highest BCUT2D eigenvalue weighted by Crippen LogP contribution is 2.42. The van der Waals surface area contributed by atoms with Gasteiger partial charge in [-0.05, 0) is 43.2 Å². The summed E-state index contributed by atoms with van der Waals surface area (Å²) in [7, 11) is 0. The normalized spacial score (nSPS) is 26.4. The molecule has 0 bridgehead atoms. The largest absolute Gasteiger partial charge is 0.330 e. The zero-order valence-electron chi connectivity index (χ0n) is 11.8. The monoisotopic (exact) mass is 340 g/mol. The fourth-order valence-corrected chi connectivity index (χ4v) is 3.44. The lowest BCUT2D eigenvalue weighted by atomic mass is 9.67. The molecule has 1 aliphatic carbocycles. The van der Waals surface area contributed by atoms with Crippen molar-refractivity contribution in [2.75, 3.05) is 6.54 Å². The number of nitro groups is 1. The fourth-order valence-electron chi connectivity index (χ4n) is 3.09. The first kappa shape index (κ1) is 15.4. The van der Waals surface area contributed by atoms with Crippen LogP contribution in [-0.4, -0.2) is 11.5 Å². The van der Waals surface area contributed by atoms with Crippen LogP contribution in [0.5, 0.6) is 0 Å². The molecule has 0 heterocycles. The maximum atomic E-state index is 11.2. The Morgan fingerprint density at radius 3 is 2.65 bits per heavy atom. The highest BCUT2D eigenvalue weighted by atomic mass is 79.9. The van der Waals surface area contributed by atoms with Gasteiger partial charge in [0.15, 0.2) is 0 Å². The molecule has 0 spiro atoms. The molecular formula is C15H21BrN2O2. The Balaban J connectivity index is 2.26. The number of hydrogen-bond donors (Lipinski definition) is 1.